The van der Waals surface area contributed by atoms with Gasteiger partial charge in [-0.25, -0.2) is 13.8 Å². The van der Waals surface area contributed by atoms with Gasteiger partial charge >= 0.3 is 0 Å². The number of aromatic hydroxyl groups is 1. The molecule has 0 aliphatic carbocycles. The minimum absolute atomic E-state index is 0.0543. The van der Waals surface area contributed by atoms with Crippen molar-refractivity contribution in [3.05, 3.63) is 56.5 Å². The van der Waals surface area contributed by atoms with Gasteiger partial charge in [0.15, 0.2) is 0 Å². The number of phenols is 1. The number of benzene rings is 2. The van der Waals surface area contributed by atoms with Crippen LogP contribution in [-0.2, 0) is 14.8 Å². The van der Waals surface area contributed by atoms with Crippen LogP contribution in [0.15, 0.2) is 55.3 Å². The summed E-state index contributed by atoms with van der Waals surface area (Å²) >= 11 is 6.44. The highest BCUT2D eigenvalue weighted by atomic mass is 79.9. The summed E-state index contributed by atoms with van der Waals surface area (Å²) in [5, 5.41) is 13.7. The first kappa shape index (κ1) is 24.5. The SMILES string of the molecule is Cc1ccc(S(=O)(=O)N[C@@H](CC(C)C)C(=O)N/N=C\c2cc(Br)c(O)c(Br)c2)cc1. The quantitative estimate of drug-likeness (QED) is 0.334. The highest BCUT2D eigenvalue weighted by Crippen LogP contribution is 2.32. The predicted octanol–water partition coefficient (Wildman–Crippen LogP) is 4.07. The molecule has 0 unspecified atom stereocenters. The van der Waals surface area contributed by atoms with E-state index in [1.165, 1.54) is 18.3 Å². The van der Waals surface area contributed by atoms with E-state index in [0.29, 0.717) is 20.9 Å². The van der Waals surface area contributed by atoms with E-state index in [0.717, 1.165) is 5.56 Å². The number of nitrogens with zero attached hydrogens (tertiary/aromatic N) is 1. The zero-order valence-corrected chi connectivity index (χ0v) is 20.7. The Hall–Kier alpha value is -1.75. The maximum absolute atomic E-state index is 12.7. The first-order chi connectivity index (χ1) is 14.0. The van der Waals surface area contributed by atoms with E-state index >= 15 is 0 Å². The van der Waals surface area contributed by atoms with Crippen LogP contribution in [0.2, 0.25) is 0 Å². The topological polar surface area (TPSA) is 108 Å². The second kappa shape index (κ2) is 10.5. The Morgan fingerprint density at radius 2 is 1.73 bits per heavy atom. The van der Waals surface area contributed by atoms with E-state index in [1.54, 1.807) is 24.3 Å². The molecule has 2 rings (SSSR count). The number of halogens is 2. The molecule has 0 aliphatic heterocycles. The molecule has 7 nitrogen and oxygen atoms in total. The van der Waals surface area contributed by atoms with Crippen LogP contribution in [0.5, 0.6) is 5.75 Å². The van der Waals surface area contributed by atoms with E-state index < -0.39 is 22.0 Å². The second-order valence-electron chi connectivity index (χ2n) is 7.18. The number of hydrogen-bond acceptors (Lipinski definition) is 5. The maximum Gasteiger partial charge on any atom is 0.258 e. The number of aryl methyl sites for hydroxylation is 1. The van der Waals surface area contributed by atoms with Crippen LogP contribution in [0, 0.1) is 12.8 Å². The maximum atomic E-state index is 12.7. The number of amides is 1. The largest absolute Gasteiger partial charge is 0.506 e. The van der Waals surface area contributed by atoms with Gasteiger partial charge in [-0.3, -0.25) is 4.79 Å². The number of phenolic OH excluding ortho intramolecular Hbond substituents is 1. The first-order valence-electron chi connectivity index (χ1n) is 9.09. The van der Waals surface area contributed by atoms with Gasteiger partial charge in [0.1, 0.15) is 11.8 Å². The van der Waals surface area contributed by atoms with E-state index in [9.17, 15) is 18.3 Å². The lowest BCUT2D eigenvalue weighted by atomic mass is 10.0. The second-order valence-corrected chi connectivity index (χ2v) is 10.6. The van der Waals surface area contributed by atoms with Crippen LogP contribution in [0.3, 0.4) is 0 Å². The number of hydrogen-bond donors (Lipinski definition) is 3. The van der Waals surface area contributed by atoms with Crippen LogP contribution >= 0.6 is 31.9 Å². The number of rotatable bonds is 8. The zero-order valence-electron chi connectivity index (χ0n) is 16.7. The lowest BCUT2D eigenvalue weighted by molar-refractivity contribution is -0.123. The molecule has 0 heterocycles. The fraction of sp³-hybridized carbons (Fsp3) is 0.300. The Morgan fingerprint density at radius 3 is 2.27 bits per heavy atom. The fourth-order valence-electron chi connectivity index (χ4n) is 2.56. The molecule has 0 saturated carbocycles. The normalized spacial score (nSPS) is 13.0. The molecule has 0 aromatic heterocycles. The van der Waals surface area contributed by atoms with Crippen LogP contribution < -0.4 is 10.1 Å². The summed E-state index contributed by atoms with van der Waals surface area (Å²) in [6.45, 7) is 5.66. The average Bonchev–Trinajstić information content (AvgIpc) is 2.65. The van der Waals surface area contributed by atoms with E-state index in [4.69, 9.17) is 0 Å². The average molecular weight is 561 g/mol. The monoisotopic (exact) mass is 559 g/mol. The molecule has 0 bridgehead atoms. The summed E-state index contributed by atoms with van der Waals surface area (Å²) in [7, 11) is -3.86. The molecule has 0 aliphatic rings. The zero-order chi connectivity index (χ0) is 22.5. The van der Waals surface area contributed by atoms with Crippen molar-refractivity contribution >= 4 is 54.0 Å². The van der Waals surface area contributed by atoms with Crippen LogP contribution in [-0.4, -0.2) is 31.7 Å². The third-order valence-electron chi connectivity index (χ3n) is 4.08. The molecule has 2 aromatic rings. The Balaban J connectivity index is 2.14. The third kappa shape index (κ3) is 6.90. The van der Waals surface area contributed by atoms with Gasteiger partial charge in [0.05, 0.1) is 20.1 Å². The molecule has 30 heavy (non-hydrogen) atoms. The van der Waals surface area contributed by atoms with Crippen LogP contribution in [0.25, 0.3) is 0 Å². The van der Waals surface area contributed by atoms with Crippen molar-refractivity contribution in [1.29, 1.82) is 0 Å². The molecule has 0 fully saturated rings. The molecule has 10 heteroatoms. The fourth-order valence-corrected chi connectivity index (χ4v) is 4.99. The summed E-state index contributed by atoms with van der Waals surface area (Å²) in [5.41, 5.74) is 3.94. The van der Waals surface area contributed by atoms with Gasteiger partial charge in [-0.1, -0.05) is 31.5 Å². The van der Waals surface area contributed by atoms with Crippen molar-refractivity contribution in [3.63, 3.8) is 0 Å². The molecule has 0 spiro atoms. The van der Waals surface area contributed by atoms with Crippen LogP contribution in [0.1, 0.15) is 31.4 Å². The van der Waals surface area contributed by atoms with Gasteiger partial charge < -0.3 is 5.11 Å². The lowest BCUT2D eigenvalue weighted by Gasteiger charge is -2.19. The molecular weight excluding hydrogens is 538 g/mol. The Morgan fingerprint density at radius 1 is 1.17 bits per heavy atom. The molecule has 3 N–H and O–H groups in total. The van der Waals surface area contributed by atoms with Gasteiger partial charge in [-0.15, -0.1) is 0 Å². The van der Waals surface area contributed by atoms with Crippen molar-refractivity contribution in [1.82, 2.24) is 10.1 Å². The van der Waals surface area contributed by atoms with Gasteiger partial charge in [-0.2, -0.15) is 9.82 Å². The summed E-state index contributed by atoms with van der Waals surface area (Å²) in [6, 6.07) is 8.67. The molecule has 1 atom stereocenters. The summed E-state index contributed by atoms with van der Waals surface area (Å²) in [5.74, 6) is -0.430. The van der Waals surface area contributed by atoms with Crippen molar-refractivity contribution in [2.75, 3.05) is 0 Å². The summed E-state index contributed by atoms with van der Waals surface area (Å²) in [4.78, 5) is 12.7. The van der Waals surface area contributed by atoms with Crippen molar-refractivity contribution in [2.24, 2.45) is 11.0 Å². The highest BCUT2D eigenvalue weighted by Gasteiger charge is 2.26. The summed E-state index contributed by atoms with van der Waals surface area (Å²) in [6.07, 6.45) is 1.70. The van der Waals surface area contributed by atoms with Crippen LogP contribution in [0.4, 0.5) is 0 Å². The Bertz CT molecular complexity index is 1020. The number of hydrazone groups is 1. The van der Waals surface area contributed by atoms with Crippen molar-refractivity contribution in [3.8, 4) is 5.75 Å². The predicted molar refractivity (Wildman–Crippen MR) is 124 cm³/mol. The Kier molecular flexibility index (Phi) is 8.60. The Labute approximate surface area is 193 Å². The van der Waals surface area contributed by atoms with Crippen molar-refractivity contribution in [2.45, 2.75) is 38.1 Å². The molecule has 0 radical (unpaired) electrons. The molecule has 0 saturated heterocycles. The molecule has 2 aromatic carbocycles. The minimum atomic E-state index is -3.86. The van der Waals surface area contributed by atoms with Gasteiger partial charge in [0, 0.05) is 0 Å². The summed E-state index contributed by atoms with van der Waals surface area (Å²) < 4.78 is 28.8. The van der Waals surface area contributed by atoms with Crippen molar-refractivity contribution < 1.29 is 18.3 Å². The van der Waals surface area contributed by atoms with E-state index in [-0.39, 0.29) is 16.6 Å². The molecule has 162 valence electrons. The van der Waals surface area contributed by atoms with Gasteiger partial charge in [0.25, 0.3) is 5.91 Å². The first-order valence-corrected chi connectivity index (χ1v) is 12.2. The number of nitrogens with one attached hydrogen (secondary N) is 2. The standard InChI is InChI=1S/C20H23Br2N3O4S/c1-12(2)8-18(25-30(28,29)15-6-4-13(3)5-7-15)20(27)24-23-11-14-9-16(21)19(26)17(22)10-14/h4-7,9-12,18,25-26H,8H2,1-3H3,(H,24,27)/b23-11-/t18-/m0/s1. The van der Waals surface area contributed by atoms with E-state index in [2.05, 4.69) is 47.1 Å². The number of carbonyl (C=O) groups excluding carboxylic acids is 1. The smallest absolute Gasteiger partial charge is 0.258 e. The molecule has 1 amide bonds. The van der Waals surface area contributed by atoms with Gasteiger partial charge in [0.2, 0.25) is 10.0 Å². The third-order valence-corrected chi connectivity index (χ3v) is 6.78. The number of carbonyl (C=O) groups is 1. The van der Waals surface area contributed by atoms with E-state index in [1.807, 2.05) is 20.8 Å². The molecular formula is C20H23Br2N3O4S. The number of sulfonamides is 1. The van der Waals surface area contributed by atoms with Gasteiger partial charge in [-0.05, 0) is 81.0 Å². The lowest BCUT2D eigenvalue weighted by Crippen LogP contribution is -2.46. The minimum Gasteiger partial charge on any atom is -0.506 e. The highest BCUT2D eigenvalue weighted by molar-refractivity contribution is 9.11.